The molecule has 1 N–H and O–H groups in total. The number of anilines is 2. The number of urea groups is 1. The van der Waals surface area contributed by atoms with E-state index in [-0.39, 0.29) is 6.03 Å². The molecular formula is C17H15Cl2N3OS. The highest BCUT2D eigenvalue weighted by Crippen LogP contribution is 2.27. The number of carbonyl (C=O) groups excluding carboxylic acids is 1. The van der Waals surface area contributed by atoms with Crippen LogP contribution in [0.1, 0.15) is 6.42 Å². The number of hydrogen-bond acceptors (Lipinski definition) is 3. The molecule has 3 rings (SSSR count). The number of nitrogens with one attached hydrogen (secondary N) is 1. The number of aliphatic imine (C=N–C) groups is 1. The molecule has 2 aromatic carbocycles. The van der Waals surface area contributed by atoms with Crippen LogP contribution in [0.15, 0.2) is 53.5 Å². The van der Waals surface area contributed by atoms with Crippen molar-refractivity contribution in [2.75, 3.05) is 22.5 Å². The fourth-order valence-corrected chi connectivity index (χ4v) is 3.48. The van der Waals surface area contributed by atoms with E-state index in [1.807, 2.05) is 30.3 Å². The molecule has 1 aliphatic heterocycles. The Morgan fingerprint density at radius 1 is 1.12 bits per heavy atom. The van der Waals surface area contributed by atoms with Gasteiger partial charge in [0.15, 0.2) is 5.17 Å². The second-order valence-electron chi connectivity index (χ2n) is 5.10. The lowest BCUT2D eigenvalue weighted by molar-refractivity contribution is 0.259. The molecule has 2 amide bonds. The van der Waals surface area contributed by atoms with Crippen molar-refractivity contribution in [3.05, 3.63) is 58.6 Å². The fraction of sp³-hybridized carbons (Fsp3) is 0.176. The minimum Gasteiger partial charge on any atom is -0.307 e. The number of amides is 2. The Kier molecular flexibility index (Phi) is 5.66. The van der Waals surface area contributed by atoms with Gasteiger partial charge >= 0.3 is 6.03 Å². The second-order valence-corrected chi connectivity index (χ2v) is 6.97. The quantitative estimate of drug-likeness (QED) is 0.745. The SMILES string of the molecule is O=C(Nc1ccc(Cl)c(Cl)c1)N(C1=NCCCS1)c1ccccc1. The van der Waals surface area contributed by atoms with Crippen LogP contribution in [0.25, 0.3) is 0 Å². The standard InChI is InChI=1S/C17H15Cl2N3OS/c18-14-8-7-12(11-15(14)19)21-16(23)22(13-5-2-1-3-6-13)17-20-9-4-10-24-17/h1-3,5-8,11H,4,9-10H2,(H,21,23). The third kappa shape index (κ3) is 4.04. The van der Waals surface area contributed by atoms with E-state index in [0.717, 1.165) is 24.4 Å². The highest BCUT2D eigenvalue weighted by atomic mass is 35.5. The zero-order valence-electron chi connectivity index (χ0n) is 12.7. The summed E-state index contributed by atoms with van der Waals surface area (Å²) in [6, 6.07) is 14.2. The first-order chi connectivity index (χ1) is 11.6. The van der Waals surface area contributed by atoms with Gasteiger partial charge < -0.3 is 5.32 Å². The summed E-state index contributed by atoms with van der Waals surface area (Å²) in [4.78, 5) is 18.9. The van der Waals surface area contributed by atoms with Gasteiger partial charge in [0.1, 0.15) is 0 Å². The van der Waals surface area contributed by atoms with Crippen molar-refractivity contribution in [3.63, 3.8) is 0 Å². The van der Waals surface area contributed by atoms with Gasteiger partial charge in [-0.25, -0.2) is 9.69 Å². The van der Waals surface area contributed by atoms with Gasteiger partial charge in [-0.3, -0.25) is 4.99 Å². The lowest BCUT2D eigenvalue weighted by atomic mass is 10.3. The van der Waals surface area contributed by atoms with E-state index in [9.17, 15) is 4.79 Å². The van der Waals surface area contributed by atoms with Crippen molar-refractivity contribution in [2.24, 2.45) is 4.99 Å². The van der Waals surface area contributed by atoms with Crippen LogP contribution in [0.2, 0.25) is 10.0 Å². The molecule has 0 fully saturated rings. The Morgan fingerprint density at radius 3 is 2.58 bits per heavy atom. The first kappa shape index (κ1) is 17.1. The molecule has 0 unspecified atom stereocenters. The molecule has 1 aliphatic rings. The highest BCUT2D eigenvalue weighted by molar-refractivity contribution is 8.14. The molecule has 0 bridgehead atoms. The van der Waals surface area contributed by atoms with Crippen LogP contribution in [-0.4, -0.2) is 23.5 Å². The molecule has 0 radical (unpaired) electrons. The average Bonchev–Trinajstić information content (AvgIpc) is 2.60. The van der Waals surface area contributed by atoms with Gasteiger partial charge in [0.25, 0.3) is 0 Å². The predicted octanol–water partition coefficient (Wildman–Crippen LogP) is 5.52. The molecule has 0 saturated heterocycles. The summed E-state index contributed by atoms with van der Waals surface area (Å²) in [5.74, 6) is 0.947. The van der Waals surface area contributed by atoms with E-state index in [1.165, 1.54) is 0 Å². The van der Waals surface area contributed by atoms with Gasteiger partial charge in [0.05, 0.1) is 15.7 Å². The molecule has 0 aromatic heterocycles. The number of thioether (sulfide) groups is 1. The number of rotatable bonds is 2. The molecule has 7 heteroatoms. The first-order valence-electron chi connectivity index (χ1n) is 7.43. The van der Waals surface area contributed by atoms with Gasteiger partial charge in [-0.1, -0.05) is 53.2 Å². The summed E-state index contributed by atoms with van der Waals surface area (Å²) in [7, 11) is 0. The zero-order chi connectivity index (χ0) is 16.9. The number of carbonyl (C=O) groups is 1. The molecule has 0 atom stereocenters. The van der Waals surface area contributed by atoms with Crippen LogP contribution in [0, 0.1) is 0 Å². The van der Waals surface area contributed by atoms with Gasteiger partial charge in [-0.2, -0.15) is 0 Å². The Morgan fingerprint density at radius 2 is 1.92 bits per heavy atom. The number of halogens is 2. The molecular weight excluding hydrogens is 365 g/mol. The van der Waals surface area contributed by atoms with E-state index < -0.39 is 0 Å². The minimum absolute atomic E-state index is 0.285. The van der Waals surface area contributed by atoms with Crippen molar-refractivity contribution in [2.45, 2.75) is 6.42 Å². The van der Waals surface area contributed by atoms with Crippen LogP contribution < -0.4 is 10.2 Å². The van der Waals surface area contributed by atoms with Crippen LogP contribution in [-0.2, 0) is 0 Å². The third-order valence-corrected chi connectivity index (χ3v) is 5.16. The van der Waals surface area contributed by atoms with Crippen LogP contribution in [0.5, 0.6) is 0 Å². The fourth-order valence-electron chi connectivity index (χ4n) is 2.23. The Labute approximate surface area is 154 Å². The molecule has 124 valence electrons. The normalized spacial score (nSPS) is 14.0. The largest absolute Gasteiger partial charge is 0.332 e. The van der Waals surface area contributed by atoms with Crippen LogP contribution in [0.3, 0.4) is 0 Å². The van der Waals surface area contributed by atoms with Crippen molar-refractivity contribution in [1.29, 1.82) is 0 Å². The Bertz CT molecular complexity index is 768. The summed E-state index contributed by atoms with van der Waals surface area (Å²) in [5, 5.41) is 4.39. The number of benzene rings is 2. The van der Waals surface area contributed by atoms with Crippen molar-refractivity contribution >= 4 is 57.5 Å². The van der Waals surface area contributed by atoms with Crippen LogP contribution >= 0.6 is 35.0 Å². The maximum atomic E-state index is 12.9. The smallest absolute Gasteiger partial charge is 0.307 e. The maximum Gasteiger partial charge on any atom is 0.332 e. The van der Waals surface area contributed by atoms with Crippen molar-refractivity contribution in [1.82, 2.24) is 0 Å². The van der Waals surface area contributed by atoms with E-state index >= 15 is 0 Å². The second kappa shape index (κ2) is 7.92. The number of hydrogen-bond donors (Lipinski definition) is 1. The summed E-state index contributed by atoms with van der Waals surface area (Å²) in [5.41, 5.74) is 1.35. The van der Waals surface area contributed by atoms with Gasteiger partial charge in [0, 0.05) is 18.0 Å². The predicted molar refractivity (Wildman–Crippen MR) is 104 cm³/mol. The molecule has 0 saturated carbocycles. The molecule has 24 heavy (non-hydrogen) atoms. The summed E-state index contributed by atoms with van der Waals surface area (Å²) in [6.45, 7) is 0.728. The Hall–Kier alpha value is -1.69. The lowest BCUT2D eigenvalue weighted by Crippen LogP contribution is -2.39. The first-order valence-corrected chi connectivity index (χ1v) is 9.18. The van der Waals surface area contributed by atoms with E-state index in [0.29, 0.717) is 20.9 Å². The lowest BCUT2D eigenvalue weighted by Gasteiger charge is -2.26. The Balaban J connectivity index is 1.88. The van der Waals surface area contributed by atoms with Gasteiger partial charge in [0.2, 0.25) is 0 Å². The van der Waals surface area contributed by atoms with Crippen molar-refractivity contribution in [3.8, 4) is 0 Å². The minimum atomic E-state index is -0.285. The number of amidine groups is 1. The molecule has 1 heterocycles. The van der Waals surface area contributed by atoms with Gasteiger partial charge in [-0.15, -0.1) is 0 Å². The topological polar surface area (TPSA) is 44.7 Å². The highest BCUT2D eigenvalue weighted by Gasteiger charge is 2.23. The maximum absolute atomic E-state index is 12.9. The third-order valence-electron chi connectivity index (χ3n) is 3.36. The van der Waals surface area contributed by atoms with Gasteiger partial charge in [-0.05, 0) is 36.8 Å². The van der Waals surface area contributed by atoms with E-state index in [2.05, 4.69) is 10.3 Å². The summed E-state index contributed by atoms with van der Waals surface area (Å²) >= 11 is 13.5. The number of nitrogens with zero attached hydrogens (tertiary/aromatic N) is 2. The average molecular weight is 380 g/mol. The molecule has 0 spiro atoms. The molecule has 4 nitrogen and oxygen atoms in total. The number of para-hydroxylation sites is 1. The van der Waals surface area contributed by atoms with Crippen LogP contribution in [0.4, 0.5) is 16.2 Å². The monoisotopic (exact) mass is 379 g/mol. The summed E-state index contributed by atoms with van der Waals surface area (Å²) in [6.07, 6.45) is 1.02. The van der Waals surface area contributed by atoms with E-state index in [4.69, 9.17) is 23.2 Å². The molecule has 2 aromatic rings. The van der Waals surface area contributed by atoms with Crippen molar-refractivity contribution < 1.29 is 4.79 Å². The molecule has 0 aliphatic carbocycles. The van der Waals surface area contributed by atoms with E-state index in [1.54, 1.807) is 34.9 Å². The zero-order valence-corrected chi connectivity index (χ0v) is 15.0. The summed E-state index contributed by atoms with van der Waals surface area (Å²) < 4.78 is 0.